The molecule has 5 nitrogen and oxygen atoms in total. The fourth-order valence-corrected chi connectivity index (χ4v) is 4.92. The number of ether oxygens (including phenoxy) is 1. The fourth-order valence-electron chi connectivity index (χ4n) is 2.43. The third-order valence-electron chi connectivity index (χ3n) is 3.71. The maximum Gasteiger partial charge on any atom is 0.243 e. The monoisotopic (exact) mass is 338 g/mol. The van der Waals surface area contributed by atoms with Gasteiger partial charge in [0.05, 0.1) is 4.90 Å². The molecule has 1 saturated heterocycles. The Morgan fingerprint density at radius 2 is 2.05 bits per heavy atom. The number of aryl methyl sites for hydroxylation is 1. The van der Waals surface area contributed by atoms with Crippen LogP contribution in [-0.2, 0) is 10.0 Å². The molecule has 1 aliphatic heterocycles. The summed E-state index contributed by atoms with van der Waals surface area (Å²) in [6.07, 6.45) is 3.15. The van der Waals surface area contributed by atoms with Crippen LogP contribution in [0.1, 0.15) is 18.4 Å². The lowest BCUT2D eigenvalue weighted by Gasteiger charge is -2.30. The Kier molecular flexibility index (Phi) is 4.46. The molecule has 0 aromatic carbocycles. The predicted octanol–water partition coefficient (Wildman–Crippen LogP) is 2.68. The van der Waals surface area contributed by atoms with Gasteiger partial charge in [-0.25, -0.2) is 13.4 Å². The van der Waals surface area contributed by atoms with Gasteiger partial charge in [0, 0.05) is 30.7 Å². The predicted molar refractivity (Wildman–Crippen MR) is 85.7 cm³/mol. The lowest BCUT2D eigenvalue weighted by atomic mass is 10.1. The Balaban J connectivity index is 1.60. The van der Waals surface area contributed by atoms with Crippen molar-refractivity contribution in [2.75, 3.05) is 13.1 Å². The highest BCUT2D eigenvalue weighted by molar-refractivity contribution is 7.89. The molecule has 0 N–H and O–H groups in total. The number of thiophene rings is 1. The second-order valence-electron chi connectivity index (χ2n) is 5.35. The summed E-state index contributed by atoms with van der Waals surface area (Å²) in [4.78, 5) is 4.61. The summed E-state index contributed by atoms with van der Waals surface area (Å²) in [6.45, 7) is 2.94. The molecule has 118 valence electrons. The molecule has 2 aromatic rings. The van der Waals surface area contributed by atoms with Gasteiger partial charge in [0.15, 0.2) is 0 Å². The molecule has 0 radical (unpaired) electrons. The first-order valence-corrected chi connectivity index (χ1v) is 9.55. The highest BCUT2D eigenvalue weighted by atomic mass is 32.2. The topological polar surface area (TPSA) is 59.5 Å². The van der Waals surface area contributed by atoms with Crippen molar-refractivity contribution in [3.8, 4) is 5.88 Å². The maximum absolute atomic E-state index is 12.4. The molecule has 1 fully saturated rings. The van der Waals surface area contributed by atoms with Crippen molar-refractivity contribution >= 4 is 21.4 Å². The quantitative estimate of drug-likeness (QED) is 0.860. The average molecular weight is 338 g/mol. The van der Waals surface area contributed by atoms with Crippen molar-refractivity contribution in [1.29, 1.82) is 0 Å². The minimum atomic E-state index is -3.35. The molecule has 22 heavy (non-hydrogen) atoms. The molecular weight excluding hydrogens is 320 g/mol. The van der Waals surface area contributed by atoms with Crippen molar-refractivity contribution in [3.05, 3.63) is 40.7 Å². The Labute approximate surface area is 134 Å². The molecule has 0 amide bonds. The van der Waals surface area contributed by atoms with E-state index in [1.165, 1.54) is 15.6 Å². The average Bonchev–Trinajstić information content (AvgIpc) is 3.05. The van der Waals surface area contributed by atoms with Crippen molar-refractivity contribution in [2.45, 2.75) is 30.8 Å². The van der Waals surface area contributed by atoms with E-state index in [9.17, 15) is 8.42 Å². The zero-order valence-corrected chi connectivity index (χ0v) is 13.9. The Bertz CT molecular complexity index is 704. The van der Waals surface area contributed by atoms with Crippen molar-refractivity contribution < 1.29 is 13.2 Å². The highest BCUT2D eigenvalue weighted by Crippen LogP contribution is 2.24. The van der Waals surface area contributed by atoms with Gasteiger partial charge in [-0.3, -0.25) is 0 Å². The van der Waals surface area contributed by atoms with E-state index in [0.29, 0.717) is 36.7 Å². The zero-order valence-electron chi connectivity index (χ0n) is 12.3. The fraction of sp³-hybridized carbons (Fsp3) is 0.400. The molecule has 0 atom stereocenters. The number of piperidine rings is 1. The van der Waals surface area contributed by atoms with Gasteiger partial charge in [-0.15, -0.1) is 0 Å². The van der Waals surface area contributed by atoms with Crippen molar-refractivity contribution in [2.24, 2.45) is 0 Å². The van der Waals surface area contributed by atoms with E-state index in [2.05, 4.69) is 4.98 Å². The molecular formula is C15H18N2O3S2. The Morgan fingerprint density at radius 3 is 2.64 bits per heavy atom. The number of nitrogens with zero attached hydrogens (tertiary/aromatic N) is 2. The largest absolute Gasteiger partial charge is 0.474 e. The van der Waals surface area contributed by atoms with E-state index < -0.39 is 10.0 Å². The number of rotatable bonds is 4. The van der Waals surface area contributed by atoms with Crippen molar-refractivity contribution in [3.63, 3.8) is 0 Å². The first-order chi connectivity index (χ1) is 10.6. The first-order valence-electron chi connectivity index (χ1n) is 7.17. The van der Waals surface area contributed by atoms with E-state index >= 15 is 0 Å². The summed E-state index contributed by atoms with van der Waals surface area (Å²) in [6, 6.07) is 5.46. The van der Waals surface area contributed by atoms with E-state index in [1.54, 1.807) is 23.0 Å². The summed E-state index contributed by atoms with van der Waals surface area (Å²) < 4.78 is 32.2. The molecule has 0 unspecified atom stereocenters. The number of pyridine rings is 1. The minimum absolute atomic E-state index is 0.0177. The molecule has 0 saturated carbocycles. The SMILES string of the molecule is Cc1ccc(OC2CCN(S(=O)(=O)c3ccsc3)CC2)nc1. The van der Waals surface area contributed by atoms with E-state index in [-0.39, 0.29) is 6.10 Å². The van der Waals surface area contributed by atoms with Crippen LogP contribution in [0.2, 0.25) is 0 Å². The number of hydrogen-bond acceptors (Lipinski definition) is 5. The van der Waals surface area contributed by atoms with Gasteiger partial charge in [0.1, 0.15) is 6.10 Å². The van der Waals surface area contributed by atoms with Gasteiger partial charge < -0.3 is 4.74 Å². The number of hydrogen-bond donors (Lipinski definition) is 0. The van der Waals surface area contributed by atoms with Crippen LogP contribution in [0.5, 0.6) is 5.88 Å². The van der Waals surface area contributed by atoms with Gasteiger partial charge in [0.2, 0.25) is 15.9 Å². The minimum Gasteiger partial charge on any atom is -0.474 e. The molecule has 0 spiro atoms. The molecule has 7 heteroatoms. The molecule has 2 aromatic heterocycles. The third-order valence-corrected chi connectivity index (χ3v) is 6.43. The van der Waals surface area contributed by atoms with Crippen LogP contribution in [0.4, 0.5) is 0 Å². The first kappa shape index (κ1) is 15.5. The van der Waals surface area contributed by atoms with E-state index in [0.717, 1.165) is 5.56 Å². The normalized spacial score (nSPS) is 17.5. The lowest BCUT2D eigenvalue weighted by Crippen LogP contribution is -2.41. The van der Waals surface area contributed by atoms with Gasteiger partial charge in [-0.2, -0.15) is 15.6 Å². The van der Waals surface area contributed by atoms with Gasteiger partial charge in [-0.1, -0.05) is 6.07 Å². The van der Waals surface area contributed by atoms with Gasteiger partial charge >= 0.3 is 0 Å². The summed E-state index contributed by atoms with van der Waals surface area (Å²) in [5.74, 6) is 0.602. The Hall–Kier alpha value is -1.44. The van der Waals surface area contributed by atoms with Crippen LogP contribution >= 0.6 is 11.3 Å². The number of sulfonamides is 1. The molecule has 1 aliphatic rings. The molecule has 0 aliphatic carbocycles. The Morgan fingerprint density at radius 1 is 1.27 bits per heavy atom. The van der Waals surface area contributed by atoms with Gasteiger partial charge in [0.25, 0.3) is 0 Å². The lowest BCUT2D eigenvalue weighted by molar-refractivity contribution is 0.130. The molecule has 3 heterocycles. The van der Waals surface area contributed by atoms with Crippen LogP contribution in [-0.4, -0.2) is 36.9 Å². The third kappa shape index (κ3) is 3.31. The highest BCUT2D eigenvalue weighted by Gasteiger charge is 2.30. The summed E-state index contributed by atoms with van der Waals surface area (Å²) in [7, 11) is -3.35. The van der Waals surface area contributed by atoms with Crippen LogP contribution in [0.25, 0.3) is 0 Å². The summed E-state index contributed by atoms with van der Waals surface area (Å²) >= 11 is 1.40. The maximum atomic E-state index is 12.4. The van der Waals surface area contributed by atoms with E-state index in [4.69, 9.17) is 4.74 Å². The zero-order chi connectivity index (χ0) is 15.6. The molecule has 3 rings (SSSR count). The van der Waals surface area contributed by atoms with Crippen LogP contribution < -0.4 is 4.74 Å². The van der Waals surface area contributed by atoms with Gasteiger partial charge in [-0.05, 0) is 36.8 Å². The van der Waals surface area contributed by atoms with E-state index in [1.807, 2.05) is 19.1 Å². The van der Waals surface area contributed by atoms with Crippen LogP contribution in [0.15, 0.2) is 40.1 Å². The standard InChI is InChI=1S/C15H18N2O3S2/c1-12-2-3-15(16-10-12)20-13-4-7-17(8-5-13)22(18,19)14-6-9-21-11-14/h2-3,6,9-11,13H,4-5,7-8H2,1H3. The summed E-state index contributed by atoms with van der Waals surface area (Å²) in [5.41, 5.74) is 1.09. The second kappa shape index (κ2) is 6.36. The number of aromatic nitrogens is 1. The van der Waals surface area contributed by atoms with Crippen LogP contribution in [0.3, 0.4) is 0 Å². The smallest absolute Gasteiger partial charge is 0.243 e. The van der Waals surface area contributed by atoms with Crippen molar-refractivity contribution in [1.82, 2.24) is 9.29 Å². The second-order valence-corrected chi connectivity index (χ2v) is 8.07. The summed E-state index contributed by atoms with van der Waals surface area (Å²) in [5, 5.41) is 3.46. The molecule has 0 bridgehead atoms. The van der Waals surface area contributed by atoms with Crippen LogP contribution in [0, 0.1) is 6.92 Å².